The normalized spacial score (nSPS) is 21.1. The molecule has 3 fully saturated rings. The van der Waals surface area contributed by atoms with Crippen molar-refractivity contribution in [2.75, 3.05) is 99.7 Å². The van der Waals surface area contributed by atoms with E-state index in [-0.39, 0.29) is 136 Å². The number of carboxylic acids is 1. The van der Waals surface area contributed by atoms with E-state index in [2.05, 4.69) is 26.6 Å². The van der Waals surface area contributed by atoms with Gasteiger partial charge < -0.3 is 136 Å². The number of carbonyl (C=O) groups excluding carboxylic acids is 18. The lowest BCUT2D eigenvalue weighted by atomic mass is 9.80. The number of rotatable bonds is 58. The second-order valence-corrected chi connectivity index (χ2v) is 32.8. The Balaban J connectivity index is 1.30. The molecule has 139 heavy (non-hydrogen) atoms. The maximum atomic E-state index is 15.9. The van der Waals surface area contributed by atoms with Crippen LogP contribution in [0.15, 0.2) is 78.9 Å². The van der Waals surface area contributed by atoms with Crippen LogP contribution in [0.1, 0.15) is 190 Å². The van der Waals surface area contributed by atoms with Crippen LogP contribution in [0.2, 0.25) is 0 Å². The van der Waals surface area contributed by atoms with Crippen LogP contribution >= 0.6 is 0 Å². The molecule has 7 amide bonds. The lowest BCUT2D eigenvalue weighted by Gasteiger charge is -2.44. The molecular formula is C94H130N7O38-. The van der Waals surface area contributed by atoms with Gasteiger partial charge in [0.1, 0.15) is 73.4 Å². The summed E-state index contributed by atoms with van der Waals surface area (Å²) in [6.45, 7) is 10.4. The Bertz CT molecular complexity index is 4510. The van der Waals surface area contributed by atoms with E-state index in [1.807, 2.05) is 0 Å². The van der Waals surface area contributed by atoms with Gasteiger partial charge in [-0.15, -0.1) is 0 Å². The molecule has 3 saturated heterocycles. The zero-order valence-electron chi connectivity index (χ0n) is 80.7. The molecule has 16 atom stereocenters. The Kier molecular flexibility index (Phi) is 49.4. The van der Waals surface area contributed by atoms with Crippen molar-refractivity contribution in [3.8, 4) is 11.5 Å². The van der Waals surface area contributed by atoms with Crippen molar-refractivity contribution in [3.63, 3.8) is 0 Å². The van der Waals surface area contributed by atoms with Crippen LogP contribution in [0, 0.1) is 0 Å². The van der Waals surface area contributed by atoms with Crippen molar-refractivity contribution < 1.29 is 181 Å². The smallest absolute Gasteiger partial charge is 0.307 e. The molecule has 0 aromatic heterocycles. The van der Waals surface area contributed by atoms with Crippen LogP contribution in [-0.2, 0) is 172 Å². The predicted molar refractivity (Wildman–Crippen MR) is 477 cm³/mol. The number of benzene rings is 3. The summed E-state index contributed by atoms with van der Waals surface area (Å²) in [4.78, 5) is 236. The molecule has 3 aromatic rings. The number of ether oxygens (including phenoxy) is 19. The number of unbranched alkanes of at least 4 members (excludes halogenated alkanes) is 3. The monoisotopic (exact) mass is 1960 g/mol. The first-order valence-corrected chi connectivity index (χ1v) is 45.7. The average molecular weight is 1970 g/mol. The van der Waals surface area contributed by atoms with Crippen molar-refractivity contribution in [2.45, 2.75) is 277 Å². The van der Waals surface area contributed by atoms with E-state index < -0.39 is 250 Å². The number of methoxy groups -OCH3 is 2. The van der Waals surface area contributed by atoms with Crippen molar-refractivity contribution in [3.05, 3.63) is 95.6 Å². The second kappa shape index (κ2) is 59.7. The summed E-state index contributed by atoms with van der Waals surface area (Å²) in [5.74, 6) is -12.8. The van der Waals surface area contributed by atoms with Gasteiger partial charge in [0, 0.05) is 167 Å². The molecule has 45 nitrogen and oxygen atoms in total. The van der Waals surface area contributed by atoms with Crippen LogP contribution in [0.3, 0.4) is 0 Å². The average Bonchev–Trinajstić information content (AvgIpc) is 0.746. The van der Waals surface area contributed by atoms with E-state index in [4.69, 9.17) is 90.0 Å². The van der Waals surface area contributed by atoms with E-state index in [0.29, 0.717) is 28.2 Å². The van der Waals surface area contributed by atoms with Gasteiger partial charge in [0.2, 0.25) is 41.5 Å². The van der Waals surface area contributed by atoms with Gasteiger partial charge in [-0.2, -0.15) is 0 Å². The highest BCUT2D eigenvalue weighted by molar-refractivity contribution is 5.85. The third-order valence-corrected chi connectivity index (χ3v) is 21.5. The molecule has 3 aliphatic heterocycles. The number of esters is 10. The van der Waals surface area contributed by atoms with E-state index in [1.165, 1.54) is 44.8 Å². The molecule has 3 heterocycles. The quantitative estimate of drug-likeness (QED) is 0.0234. The molecule has 16 unspecified atom stereocenters. The molecule has 3 aliphatic rings. The van der Waals surface area contributed by atoms with Crippen LogP contribution in [0.5, 0.6) is 11.5 Å². The lowest BCUT2D eigenvalue weighted by molar-refractivity contribution is -0.306. The second-order valence-electron chi connectivity index (χ2n) is 32.8. The Morgan fingerprint density at radius 2 is 0.705 bits per heavy atom. The number of carbonyl (C=O) groups is 18. The largest absolute Gasteiger partial charge is 0.550 e. The summed E-state index contributed by atoms with van der Waals surface area (Å²) < 4.78 is 110. The summed E-state index contributed by atoms with van der Waals surface area (Å²) in [5.41, 5.74) is -0.0941. The van der Waals surface area contributed by atoms with Gasteiger partial charge in [0.05, 0.1) is 27.2 Å². The summed E-state index contributed by atoms with van der Waals surface area (Å²) in [5, 5.41) is 25.5. The molecule has 0 radical (unpaired) electrons. The number of nitrogens with zero attached hydrogens (tertiary/aromatic N) is 2. The lowest BCUT2D eigenvalue weighted by Crippen LogP contribution is -2.66. The van der Waals surface area contributed by atoms with Crippen molar-refractivity contribution in [2.24, 2.45) is 0 Å². The minimum Gasteiger partial charge on any atom is -0.550 e. The minimum atomic E-state index is -1.86. The summed E-state index contributed by atoms with van der Waals surface area (Å²) in [6.07, 6.45) is -18.8. The first kappa shape index (κ1) is 115. The predicted octanol–water partition coefficient (Wildman–Crippen LogP) is 2.04. The SMILES string of the molecule is COc1ccc(C(OCC(OC(=O)CCC(=O)[O-])C(=O)N(CCCNC(=O)CCCCOC2OC(COC(C)=O)C(OC(C)=O)C(OC(C)=O)C2NC(C)=O)CCCN(CCCNC(=O)CCCCOC2OC(COC(C)=O)C(OC(C)=O)C(OC(C)=O)C2NC(C)=O)C(=O)CCCCOC2OC(COC(C)=O)C(OC(C)=O)C(OC(C)=O)C2NC(C)=O)(c2ccccc2)c2ccc(OC)cc2)cc1. The van der Waals surface area contributed by atoms with Crippen LogP contribution < -0.4 is 41.2 Å². The minimum absolute atomic E-state index is 0.0109. The highest BCUT2D eigenvalue weighted by atomic mass is 16.7. The third-order valence-electron chi connectivity index (χ3n) is 21.5. The number of amides is 7. The van der Waals surface area contributed by atoms with E-state index >= 15 is 4.79 Å². The van der Waals surface area contributed by atoms with Crippen molar-refractivity contribution in [1.82, 2.24) is 36.4 Å². The zero-order valence-corrected chi connectivity index (χ0v) is 80.7. The van der Waals surface area contributed by atoms with Gasteiger partial charge in [0.25, 0.3) is 5.91 Å². The van der Waals surface area contributed by atoms with Gasteiger partial charge in [-0.05, 0) is 105 Å². The van der Waals surface area contributed by atoms with Crippen molar-refractivity contribution >= 4 is 107 Å². The number of nitrogens with one attached hydrogen (secondary N) is 5. The standard InChI is InChI=1S/C94H131N7O38/c1-55(102)97-81-87(133-64(10)111)84(130-61(7)108)72(51-126-58(4)105)137-91(81)123-48-21-18-29-76(114)95-42-24-44-100(78(116)31-20-23-50-125-93-83(99-57(3)104)89(135-66(12)113)86(132-63(9)110)74(139-93)53-128-60(6)107)46-26-47-101(45-25-43-96-77(115)30-19-22-49-124-92-82(98-56(2)103)88(134-65(11)112)85(131-62(8)109)73(138-92)52-127-59(5)106)90(120)75(136-80(119)41-40-79(117)118)54-129-94(67-27-16-15-17-28-67,68-32-36-70(121-13)37-33-68)69-34-38-71(122-14)39-35-69/h15-17,27-28,32-39,72-75,81-89,91-93H,18-26,29-31,40-54H2,1-14H3,(H,95,114)(H,96,115)(H,97,102)(H,98,103)(H,99,104)(H,117,118)/p-1. The first-order chi connectivity index (χ1) is 66.1. The summed E-state index contributed by atoms with van der Waals surface area (Å²) in [6, 6.07) is 18.9. The number of hydrogen-bond acceptors (Lipinski definition) is 38. The molecule has 0 spiro atoms. The zero-order chi connectivity index (χ0) is 102. The molecule has 0 aliphatic carbocycles. The Morgan fingerprint density at radius 3 is 1.04 bits per heavy atom. The molecule has 3 aromatic carbocycles. The van der Waals surface area contributed by atoms with Gasteiger partial charge >= 0.3 is 59.7 Å². The van der Waals surface area contributed by atoms with Gasteiger partial charge in [-0.25, -0.2) is 0 Å². The molecular weight excluding hydrogens is 1840 g/mol. The van der Waals surface area contributed by atoms with Crippen LogP contribution in [-0.4, -0.2) is 315 Å². The molecule has 45 heteroatoms. The maximum Gasteiger partial charge on any atom is 0.307 e. The number of aliphatic carboxylic acids is 1. The van der Waals surface area contributed by atoms with E-state index in [0.717, 1.165) is 62.3 Å². The topological polar surface area (TPSA) is 572 Å². The van der Waals surface area contributed by atoms with Gasteiger partial charge in [0.15, 0.2) is 55.5 Å². The molecule has 5 N–H and O–H groups in total. The summed E-state index contributed by atoms with van der Waals surface area (Å²) in [7, 11) is 2.97. The maximum absolute atomic E-state index is 15.9. The van der Waals surface area contributed by atoms with Gasteiger partial charge in [-0.1, -0.05) is 54.6 Å². The van der Waals surface area contributed by atoms with Crippen LogP contribution in [0.25, 0.3) is 0 Å². The fourth-order valence-corrected chi connectivity index (χ4v) is 15.6. The van der Waals surface area contributed by atoms with E-state index in [1.54, 1.807) is 78.9 Å². The fraction of sp³-hybridized carbons (Fsp3) is 0.617. The highest BCUT2D eigenvalue weighted by Gasteiger charge is 2.55. The number of hydrogen-bond donors (Lipinski definition) is 5. The third kappa shape index (κ3) is 39.7. The Morgan fingerprint density at radius 1 is 0.374 bits per heavy atom. The highest BCUT2D eigenvalue weighted by Crippen LogP contribution is 2.43. The molecule has 6 rings (SSSR count). The molecule has 770 valence electrons. The van der Waals surface area contributed by atoms with Crippen LogP contribution in [0.4, 0.5) is 0 Å². The summed E-state index contributed by atoms with van der Waals surface area (Å²) >= 11 is 0. The Labute approximate surface area is 804 Å². The fourth-order valence-electron chi connectivity index (χ4n) is 15.6. The Hall–Kier alpha value is -12.6. The van der Waals surface area contributed by atoms with E-state index in [9.17, 15) is 86.6 Å². The van der Waals surface area contributed by atoms with Crippen molar-refractivity contribution in [1.29, 1.82) is 0 Å². The number of carboxylic acid groups (broad SMARTS) is 1. The molecule has 0 bridgehead atoms. The van der Waals surface area contributed by atoms with Gasteiger partial charge in [-0.3, -0.25) is 81.5 Å². The molecule has 0 saturated carbocycles. The first-order valence-electron chi connectivity index (χ1n) is 45.7.